The van der Waals surface area contributed by atoms with Crippen LogP contribution in [0.25, 0.3) is 11.3 Å². The number of nitrogens with one attached hydrogen (secondary N) is 3. The Balaban J connectivity index is 1.60. The molecule has 0 unspecified atom stereocenters. The molecule has 3 aromatic carbocycles. The van der Waals surface area contributed by atoms with E-state index in [-0.39, 0.29) is 28.3 Å². The molecular weight excluding hydrogens is 494 g/mol. The van der Waals surface area contributed by atoms with Gasteiger partial charge in [0.05, 0.1) is 5.69 Å². The predicted octanol–water partition coefficient (Wildman–Crippen LogP) is 5.17. The summed E-state index contributed by atoms with van der Waals surface area (Å²) in [5.74, 6) is -0.756. The fraction of sp³-hybridized carbons (Fsp3) is 0.200. The fourth-order valence-electron chi connectivity index (χ4n) is 4.09. The summed E-state index contributed by atoms with van der Waals surface area (Å²) in [6.45, 7) is 8.26. The van der Waals surface area contributed by atoms with E-state index in [0.29, 0.717) is 22.6 Å². The molecule has 4 aromatic rings. The molecule has 0 atom stereocenters. The summed E-state index contributed by atoms with van der Waals surface area (Å²) < 4.78 is 1.43. The molecule has 0 spiro atoms. The van der Waals surface area contributed by atoms with Gasteiger partial charge >= 0.3 is 0 Å². The minimum Gasteiger partial charge on any atom is -0.336 e. The van der Waals surface area contributed by atoms with Crippen molar-refractivity contribution in [3.05, 3.63) is 106 Å². The molecule has 9 heteroatoms. The van der Waals surface area contributed by atoms with Gasteiger partial charge in [-0.1, -0.05) is 45.0 Å². The van der Waals surface area contributed by atoms with Crippen molar-refractivity contribution in [2.75, 3.05) is 10.6 Å². The van der Waals surface area contributed by atoms with Gasteiger partial charge in [-0.2, -0.15) is 0 Å². The Morgan fingerprint density at radius 2 is 1.51 bits per heavy atom. The van der Waals surface area contributed by atoms with Gasteiger partial charge < -0.3 is 15.2 Å². The van der Waals surface area contributed by atoms with Gasteiger partial charge in [0.1, 0.15) is 0 Å². The first kappa shape index (κ1) is 27.3. The number of amides is 2. The summed E-state index contributed by atoms with van der Waals surface area (Å²) in [5.41, 5.74) is 6.48. The van der Waals surface area contributed by atoms with Crippen molar-refractivity contribution >= 4 is 29.0 Å². The van der Waals surface area contributed by atoms with Crippen molar-refractivity contribution in [2.45, 2.75) is 33.1 Å². The Labute approximate surface area is 226 Å². The first-order valence-corrected chi connectivity index (χ1v) is 12.4. The molecule has 4 N–H and O–H groups in total. The minimum absolute atomic E-state index is 0.00367. The zero-order valence-electron chi connectivity index (χ0n) is 22.5. The Morgan fingerprint density at radius 1 is 0.897 bits per heavy atom. The quantitative estimate of drug-likeness (QED) is 0.203. The molecular formula is C30H31N5O4. The molecule has 1 aromatic heterocycles. The highest BCUT2D eigenvalue weighted by Crippen LogP contribution is 2.29. The SMILES string of the molecule is Cc1c(NC(=O)c2ccc(C(C)(C)C)cc2)cccc1-c1cn(C)c(=O)c(Nc2ccc(C(=O)NO)cc2)n1. The third-order valence-corrected chi connectivity index (χ3v) is 6.45. The summed E-state index contributed by atoms with van der Waals surface area (Å²) >= 11 is 0. The van der Waals surface area contributed by atoms with Crippen LogP contribution in [0.3, 0.4) is 0 Å². The summed E-state index contributed by atoms with van der Waals surface area (Å²) in [6.07, 6.45) is 1.64. The summed E-state index contributed by atoms with van der Waals surface area (Å²) in [7, 11) is 1.63. The molecule has 0 aliphatic rings. The number of benzene rings is 3. The number of carbonyl (C=O) groups excluding carboxylic acids is 2. The van der Waals surface area contributed by atoms with Crippen molar-refractivity contribution < 1.29 is 14.8 Å². The van der Waals surface area contributed by atoms with Crippen LogP contribution in [0.1, 0.15) is 52.6 Å². The van der Waals surface area contributed by atoms with Crippen LogP contribution >= 0.6 is 0 Å². The second-order valence-electron chi connectivity index (χ2n) is 10.3. The van der Waals surface area contributed by atoms with Crippen LogP contribution in [-0.4, -0.2) is 26.6 Å². The third-order valence-electron chi connectivity index (χ3n) is 6.45. The lowest BCUT2D eigenvalue weighted by atomic mass is 9.86. The number of hydrogen-bond acceptors (Lipinski definition) is 6. The normalized spacial score (nSPS) is 11.1. The van der Waals surface area contributed by atoms with E-state index >= 15 is 0 Å². The average molecular weight is 526 g/mol. The van der Waals surface area contributed by atoms with Crippen LogP contribution < -0.4 is 21.7 Å². The highest BCUT2D eigenvalue weighted by Gasteiger charge is 2.17. The van der Waals surface area contributed by atoms with Crippen molar-refractivity contribution in [3.8, 4) is 11.3 Å². The smallest absolute Gasteiger partial charge is 0.293 e. The summed E-state index contributed by atoms with van der Waals surface area (Å²) in [6, 6.07) is 19.3. The number of aromatic nitrogens is 2. The van der Waals surface area contributed by atoms with Crippen LogP contribution in [0.5, 0.6) is 0 Å². The van der Waals surface area contributed by atoms with Crippen LogP contribution in [0.15, 0.2) is 77.7 Å². The number of aryl methyl sites for hydroxylation is 1. The Kier molecular flexibility index (Phi) is 7.64. The molecule has 4 rings (SSSR count). The largest absolute Gasteiger partial charge is 0.336 e. The number of hydrogen-bond donors (Lipinski definition) is 4. The van der Waals surface area contributed by atoms with Gasteiger partial charge in [-0.25, -0.2) is 10.5 Å². The predicted molar refractivity (Wildman–Crippen MR) is 152 cm³/mol. The molecule has 0 saturated heterocycles. The maximum Gasteiger partial charge on any atom is 0.293 e. The van der Waals surface area contributed by atoms with Gasteiger partial charge in [0.15, 0.2) is 5.82 Å². The minimum atomic E-state index is -0.637. The highest BCUT2D eigenvalue weighted by molar-refractivity contribution is 6.05. The molecule has 2 amide bonds. The molecule has 0 fully saturated rings. The highest BCUT2D eigenvalue weighted by atomic mass is 16.5. The molecule has 39 heavy (non-hydrogen) atoms. The molecule has 0 aliphatic heterocycles. The van der Waals surface area contributed by atoms with Crippen LogP contribution in [-0.2, 0) is 12.5 Å². The van der Waals surface area contributed by atoms with Crippen LogP contribution in [0.2, 0.25) is 0 Å². The van der Waals surface area contributed by atoms with Crippen molar-refractivity contribution in [2.24, 2.45) is 7.05 Å². The molecule has 200 valence electrons. The van der Waals surface area contributed by atoms with E-state index in [1.54, 1.807) is 30.9 Å². The van der Waals surface area contributed by atoms with Gasteiger partial charge in [-0.05, 0) is 65.9 Å². The topological polar surface area (TPSA) is 125 Å². The number of anilines is 3. The lowest BCUT2D eigenvalue weighted by Gasteiger charge is -2.19. The molecule has 0 bridgehead atoms. The van der Waals surface area contributed by atoms with Crippen molar-refractivity contribution in [1.29, 1.82) is 0 Å². The van der Waals surface area contributed by atoms with Gasteiger partial charge in [-0.3, -0.25) is 19.6 Å². The van der Waals surface area contributed by atoms with E-state index in [2.05, 4.69) is 36.4 Å². The Hall–Kier alpha value is -4.76. The maximum absolute atomic E-state index is 13.0. The first-order valence-electron chi connectivity index (χ1n) is 12.4. The maximum atomic E-state index is 13.0. The lowest BCUT2D eigenvalue weighted by Crippen LogP contribution is -2.22. The fourth-order valence-corrected chi connectivity index (χ4v) is 4.09. The molecule has 0 saturated carbocycles. The van der Waals surface area contributed by atoms with Crippen molar-refractivity contribution in [1.82, 2.24) is 15.0 Å². The van der Waals surface area contributed by atoms with Crippen LogP contribution in [0.4, 0.5) is 17.2 Å². The van der Waals surface area contributed by atoms with E-state index in [9.17, 15) is 14.4 Å². The monoisotopic (exact) mass is 525 g/mol. The zero-order chi connectivity index (χ0) is 28.3. The summed E-state index contributed by atoms with van der Waals surface area (Å²) in [5, 5.41) is 14.8. The standard InChI is InChI=1S/C30H31N5O4/c1-18-23(7-6-8-24(18)33-27(36)19-9-13-21(14-10-19)30(2,3)4)25-17-35(5)29(38)26(32-25)31-22-15-11-20(12-16-22)28(37)34-39/h6-17,39H,1-5H3,(H,31,32)(H,33,36)(H,34,37). The number of hydroxylamine groups is 1. The summed E-state index contributed by atoms with van der Waals surface area (Å²) in [4.78, 5) is 41.9. The molecule has 0 aliphatic carbocycles. The van der Waals surface area contributed by atoms with Gasteiger partial charge in [-0.15, -0.1) is 0 Å². The van der Waals surface area contributed by atoms with Crippen LogP contribution in [0, 0.1) is 6.92 Å². The van der Waals surface area contributed by atoms with Gasteiger partial charge in [0.25, 0.3) is 17.4 Å². The van der Waals surface area contributed by atoms with E-state index in [1.165, 1.54) is 16.7 Å². The first-order chi connectivity index (χ1) is 18.5. The van der Waals surface area contributed by atoms with E-state index < -0.39 is 5.91 Å². The third kappa shape index (κ3) is 6.05. The lowest BCUT2D eigenvalue weighted by molar-refractivity contribution is 0.0706. The Morgan fingerprint density at radius 3 is 2.13 bits per heavy atom. The Bertz CT molecular complexity index is 1580. The van der Waals surface area contributed by atoms with E-state index in [0.717, 1.165) is 16.7 Å². The molecule has 9 nitrogen and oxygen atoms in total. The van der Waals surface area contributed by atoms with Crippen molar-refractivity contribution in [3.63, 3.8) is 0 Å². The average Bonchev–Trinajstić information content (AvgIpc) is 2.92. The number of rotatable bonds is 6. The molecule has 1 heterocycles. The number of carbonyl (C=O) groups is 2. The van der Waals surface area contributed by atoms with Gasteiger partial charge in [0.2, 0.25) is 0 Å². The number of nitrogens with zero attached hydrogens (tertiary/aromatic N) is 2. The zero-order valence-corrected chi connectivity index (χ0v) is 22.5. The second-order valence-corrected chi connectivity index (χ2v) is 10.3. The second kappa shape index (κ2) is 10.9. The van der Waals surface area contributed by atoms with E-state index in [4.69, 9.17) is 5.21 Å². The van der Waals surface area contributed by atoms with E-state index in [1.807, 2.05) is 49.4 Å². The molecule has 0 radical (unpaired) electrons. The van der Waals surface area contributed by atoms with Gasteiger partial charge in [0, 0.05) is 41.3 Å².